The predicted octanol–water partition coefficient (Wildman–Crippen LogP) is 4.68. The van der Waals surface area contributed by atoms with E-state index in [1.807, 2.05) is 39.8 Å². The molecular weight excluding hydrogens is 398 g/mol. The van der Waals surface area contributed by atoms with Crippen molar-refractivity contribution in [2.75, 3.05) is 19.0 Å². The van der Waals surface area contributed by atoms with Crippen LogP contribution in [0.2, 0.25) is 0 Å². The first-order valence-corrected chi connectivity index (χ1v) is 10.2. The third-order valence-corrected chi connectivity index (χ3v) is 4.73. The van der Waals surface area contributed by atoms with Gasteiger partial charge in [0.25, 0.3) is 0 Å². The molecule has 0 unspecified atom stereocenters. The number of ether oxygens (including phenoxy) is 3. The Bertz CT molecular complexity index is 899. The molecule has 1 atom stereocenters. The van der Waals surface area contributed by atoms with Gasteiger partial charge in [-0.2, -0.15) is 0 Å². The minimum Gasteiger partial charge on any atom is -0.496 e. The average Bonchev–Trinajstić information content (AvgIpc) is 2.74. The molecule has 2 aromatic rings. The molecule has 168 valence electrons. The van der Waals surface area contributed by atoms with E-state index >= 15 is 0 Å². The van der Waals surface area contributed by atoms with Gasteiger partial charge in [0.15, 0.2) is 0 Å². The van der Waals surface area contributed by atoms with Crippen LogP contribution < -0.4 is 20.1 Å². The predicted molar refractivity (Wildman–Crippen MR) is 119 cm³/mol. The highest BCUT2D eigenvalue weighted by Crippen LogP contribution is 2.27. The summed E-state index contributed by atoms with van der Waals surface area (Å²) < 4.78 is 16.2. The summed E-state index contributed by atoms with van der Waals surface area (Å²) in [5.74, 6) is 1.53. The zero-order valence-electron chi connectivity index (χ0n) is 18.9. The van der Waals surface area contributed by atoms with E-state index in [4.69, 9.17) is 14.2 Å². The third kappa shape index (κ3) is 6.87. The number of anilines is 1. The van der Waals surface area contributed by atoms with E-state index in [0.29, 0.717) is 23.7 Å². The topological polar surface area (TPSA) is 98.8 Å². The van der Waals surface area contributed by atoms with E-state index in [0.717, 1.165) is 11.3 Å². The van der Waals surface area contributed by atoms with Crippen LogP contribution in [0.15, 0.2) is 36.5 Å². The van der Waals surface area contributed by atoms with Crippen molar-refractivity contribution < 1.29 is 23.8 Å². The Labute approximate surface area is 183 Å². The number of amides is 2. The van der Waals surface area contributed by atoms with Crippen LogP contribution in [0.1, 0.15) is 39.7 Å². The van der Waals surface area contributed by atoms with Crippen LogP contribution in [0, 0.1) is 12.8 Å². The fraction of sp³-hybridized carbons (Fsp3) is 0.435. The van der Waals surface area contributed by atoms with E-state index in [-0.39, 0.29) is 18.4 Å². The Hall–Kier alpha value is -3.29. The second kappa shape index (κ2) is 10.7. The van der Waals surface area contributed by atoms with E-state index in [2.05, 4.69) is 15.6 Å². The summed E-state index contributed by atoms with van der Waals surface area (Å²) >= 11 is 0. The number of aryl methyl sites for hydroxylation is 1. The van der Waals surface area contributed by atoms with Crippen molar-refractivity contribution in [1.82, 2.24) is 10.3 Å². The van der Waals surface area contributed by atoms with E-state index < -0.39 is 11.6 Å². The quantitative estimate of drug-likeness (QED) is 0.600. The third-order valence-electron chi connectivity index (χ3n) is 4.73. The molecule has 0 spiro atoms. The molecule has 0 aliphatic heterocycles. The number of nitrogens with one attached hydrogen (secondary N) is 2. The van der Waals surface area contributed by atoms with Gasteiger partial charge in [0.1, 0.15) is 17.0 Å². The molecule has 0 bridgehead atoms. The summed E-state index contributed by atoms with van der Waals surface area (Å²) in [6.45, 7) is 9.57. The lowest BCUT2D eigenvalue weighted by atomic mass is 9.98. The number of aromatic nitrogens is 1. The van der Waals surface area contributed by atoms with Gasteiger partial charge in [-0.15, -0.1) is 0 Å². The van der Waals surface area contributed by atoms with E-state index in [9.17, 15) is 9.59 Å². The first-order valence-electron chi connectivity index (χ1n) is 10.2. The number of nitrogens with zero attached hydrogens (tertiary/aromatic N) is 1. The number of hydrogen-bond acceptors (Lipinski definition) is 6. The smallest absolute Gasteiger partial charge is 0.407 e. The Morgan fingerprint density at radius 2 is 1.94 bits per heavy atom. The highest BCUT2D eigenvalue weighted by molar-refractivity contribution is 5.99. The van der Waals surface area contributed by atoms with Crippen LogP contribution in [0.5, 0.6) is 17.4 Å². The number of rotatable bonds is 9. The highest BCUT2D eigenvalue weighted by Gasteiger charge is 2.33. The normalized spacial score (nSPS) is 12.6. The van der Waals surface area contributed by atoms with Gasteiger partial charge in [-0.3, -0.25) is 4.79 Å². The molecular formula is C23H31N3O5. The van der Waals surface area contributed by atoms with Crippen molar-refractivity contribution in [2.24, 2.45) is 5.92 Å². The van der Waals surface area contributed by atoms with Crippen molar-refractivity contribution in [3.8, 4) is 17.4 Å². The van der Waals surface area contributed by atoms with Gasteiger partial charge in [0, 0.05) is 12.1 Å². The molecule has 0 aliphatic carbocycles. The summed E-state index contributed by atoms with van der Waals surface area (Å²) in [7, 11) is 1.60. The lowest BCUT2D eigenvalue weighted by Crippen LogP contribution is -2.54. The zero-order valence-corrected chi connectivity index (χ0v) is 18.9. The van der Waals surface area contributed by atoms with Crippen molar-refractivity contribution >= 4 is 17.7 Å². The molecule has 0 fully saturated rings. The van der Waals surface area contributed by atoms with Gasteiger partial charge in [-0.05, 0) is 43.9 Å². The fourth-order valence-corrected chi connectivity index (χ4v) is 2.58. The Kier molecular flexibility index (Phi) is 8.24. The Morgan fingerprint density at radius 1 is 1.19 bits per heavy atom. The summed E-state index contributed by atoms with van der Waals surface area (Å²) in [6.07, 6.45) is 1.26. The van der Waals surface area contributed by atoms with Crippen LogP contribution in [-0.4, -0.2) is 36.2 Å². The molecule has 2 amide bonds. The minimum atomic E-state index is -1.12. The number of pyridine rings is 1. The van der Waals surface area contributed by atoms with Crippen molar-refractivity contribution in [3.63, 3.8) is 0 Å². The molecule has 2 rings (SSSR count). The average molecular weight is 430 g/mol. The van der Waals surface area contributed by atoms with Crippen LogP contribution in [0.25, 0.3) is 0 Å². The SMILES string of the molecule is CC[C@@](C)(NC(=O)OCC(C)C)C(=O)Nc1ccc(Oc2ccc(C)c(OC)c2)nc1. The summed E-state index contributed by atoms with van der Waals surface area (Å²) in [4.78, 5) is 29.0. The van der Waals surface area contributed by atoms with Gasteiger partial charge in [-0.1, -0.05) is 26.8 Å². The van der Waals surface area contributed by atoms with Gasteiger partial charge in [0.2, 0.25) is 11.8 Å². The Balaban J connectivity index is 2.00. The fourth-order valence-electron chi connectivity index (χ4n) is 2.58. The summed E-state index contributed by atoms with van der Waals surface area (Å²) in [5.41, 5.74) is 0.360. The van der Waals surface area contributed by atoms with Crippen LogP contribution in [-0.2, 0) is 9.53 Å². The molecule has 1 heterocycles. The molecule has 31 heavy (non-hydrogen) atoms. The first-order chi connectivity index (χ1) is 14.7. The molecule has 0 aliphatic rings. The molecule has 0 saturated heterocycles. The number of alkyl carbamates (subject to hydrolysis) is 1. The lowest BCUT2D eigenvalue weighted by Gasteiger charge is -2.28. The molecule has 1 aromatic heterocycles. The Morgan fingerprint density at radius 3 is 2.52 bits per heavy atom. The monoisotopic (exact) mass is 429 g/mol. The summed E-state index contributed by atoms with van der Waals surface area (Å²) in [6, 6.07) is 8.83. The van der Waals surface area contributed by atoms with E-state index in [1.54, 1.807) is 32.2 Å². The number of benzene rings is 1. The molecule has 0 saturated carbocycles. The molecule has 2 N–H and O–H groups in total. The van der Waals surface area contributed by atoms with Gasteiger partial charge in [-0.25, -0.2) is 9.78 Å². The van der Waals surface area contributed by atoms with Crippen molar-refractivity contribution in [3.05, 3.63) is 42.1 Å². The number of carbonyl (C=O) groups is 2. The maximum Gasteiger partial charge on any atom is 0.407 e. The highest BCUT2D eigenvalue weighted by atomic mass is 16.5. The van der Waals surface area contributed by atoms with Gasteiger partial charge < -0.3 is 24.8 Å². The number of carbonyl (C=O) groups excluding carboxylic acids is 2. The van der Waals surface area contributed by atoms with Gasteiger partial charge in [0.05, 0.1) is 25.6 Å². The van der Waals surface area contributed by atoms with Crippen LogP contribution >= 0.6 is 0 Å². The molecule has 0 radical (unpaired) electrons. The molecule has 1 aromatic carbocycles. The van der Waals surface area contributed by atoms with Crippen LogP contribution in [0.4, 0.5) is 10.5 Å². The maximum atomic E-state index is 12.8. The van der Waals surface area contributed by atoms with Crippen molar-refractivity contribution in [1.29, 1.82) is 0 Å². The lowest BCUT2D eigenvalue weighted by molar-refractivity contribution is -0.121. The largest absolute Gasteiger partial charge is 0.496 e. The molecule has 8 nitrogen and oxygen atoms in total. The first kappa shape index (κ1) is 24.0. The van der Waals surface area contributed by atoms with Gasteiger partial charge >= 0.3 is 6.09 Å². The van der Waals surface area contributed by atoms with Crippen LogP contribution in [0.3, 0.4) is 0 Å². The number of hydrogen-bond donors (Lipinski definition) is 2. The van der Waals surface area contributed by atoms with E-state index in [1.165, 1.54) is 6.20 Å². The number of methoxy groups -OCH3 is 1. The minimum absolute atomic E-state index is 0.209. The standard InChI is InChI=1S/C23H31N3O5/c1-7-23(5,26-22(28)30-14-15(2)3)21(27)25-17-9-11-20(24-13-17)31-18-10-8-16(4)19(12-18)29-6/h8-13,15H,7,14H2,1-6H3,(H,25,27)(H,26,28)/t23-/m1/s1. The van der Waals surface area contributed by atoms with Crippen molar-refractivity contribution in [2.45, 2.75) is 46.6 Å². The second-order valence-electron chi connectivity index (χ2n) is 7.88. The maximum absolute atomic E-state index is 12.8. The second-order valence-corrected chi connectivity index (χ2v) is 7.88. The zero-order chi connectivity index (χ0) is 23.0. The molecule has 8 heteroatoms. The summed E-state index contributed by atoms with van der Waals surface area (Å²) in [5, 5.41) is 5.42.